The molecule has 2 aliphatic heterocycles. The highest BCUT2D eigenvalue weighted by molar-refractivity contribution is 8.16. The number of halogens is 2. The fourth-order valence-corrected chi connectivity index (χ4v) is 2.78. The van der Waals surface area contributed by atoms with Gasteiger partial charge >= 0.3 is 0 Å². The van der Waals surface area contributed by atoms with Gasteiger partial charge in [-0.3, -0.25) is 4.99 Å². The van der Waals surface area contributed by atoms with Gasteiger partial charge in [-0.05, 0) is 12.1 Å². The first-order chi connectivity index (χ1) is 7.75. The maximum Gasteiger partial charge on any atom is 0.168 e. The largest absolute Gasteiger partial charge is 0.318 e. The van der Waals surface area contributed by atoms with Gasteiger partial charge in [0, 0.05) is 23.6 Å². The maximum absolute atomic E-state index is 13.6. The summed E-state index contributed by atoms with van der Waals surface area (Å²) in [4.78, 5) is 6.24. The summed E-state index contributed by atoms with van der Waals surface area (Å²) in [5.41, 5.74) is 1.21. The SMILES string of the molecule is Fc1ccc(C2=CSC3=NCCN23)c(F)c1. The van der Waals surface area contributed by atoms with Crippen molar-refractivity contribution < 1.29 is 8.78 Å². The van der Waals surface area contributed by atoms with Crippen LogP contribution in [0.2, 0.25) is 0 Å². The second kappa shape index (κ2) is 3.59. The van der Waals surface area contributed by atoms with Crippen molar-refractivity contribution in [1.29, 1.82) is 0 Å². The van der Waals surface area contributed by atoms with Crippen LogP contribution in [-0.4, -0.2) is 23.2 Å². The van der Waals surface area contributed by atoms with E-state index in [1.54, 1.807) is 0 Å². The van der Waals surface area contributed by atoms with Gasteiger partial charge in [0.25, 0.3) is 0 Å². The lowest BCUT2D eigenvalue weighted by Crippen LogP contribution is -2.20. The molecule has 0 amide bonds. The first-order valence-electron chi connectivity index (χ1n) is 4.90. The first-order valence-corrected chi connectivity index (χ1v) is 5.78. The summed E-state index contributed by atoms with van der Waals surface area (Å²) < 4.78 is 26.4. The summed E-state index contributed by atoms with van der Waals surface area (Å²) in [5, 5.41) is 2.76. The minimum atomic E-state index is -0.553. The molecule has 0 N–H and O–H groups in total. The average molecular weight is 238 g/mol. The average Bonchev–Trinajstić information content (AvgIpc) is 2.80. The zero-order valence-corrected chi connectivity index (χ0v) is 9.10. The normalized spacial score (nSPS) is 18.5. The van der Waals surface area contributed by atoms with Gasteiger partial charge in [-0.25, -0.2) is 8.78 Å². The number of thioether (sulfide) groups is 1. The van der Waals surface area contributed by atoms with Crippen LogP contribution in [0.4, 0.5) is 8.78 Å². The predicted octanol–water partition coefficient (Wildman–Crippen LogP) is 2.68. The van der Waals surface area contributed by atoms with Gasteiger partial charge in [-0.1, -0.05) is 11.8 Å². The Labute approximate surface area is 95.7 Å². The number of fused-ring (bicyclic) bond motifs is 1. The van der Waals surface area contributed by atoms with E-state index < -0.39 is 11.6 Å². The Kier molecular flexibility index (Phi) is 2.21. The number of nitrogens with zero attached hydrogens (tertiary/aromatic N) is 2. The van der Waals surface area contributed by atoms with Crippen LogP contribution in [0, 0.1) is 11.6 Å². The van der Waals surface area contributed by atoms with Crippen molar-refractivity contribution in [2.24, 2.45) is 4.99 Å². The van der Waals surface area contributed by atoms with Crippen molar-refractivity contribution in [1.82, 2.24) is 4.90 Å². The molecule has 0 fully saturated rings. The smallest absolute Gasteiger partial charge is 0.168 e. The van der Waals surface area contributed by atoms with Crippen molar-refractivity contribution in [3.8, 4) is 0 Å². The van der Waals surface area contributed by atoms with Crippen LogP contribution in [0.3, 0.4) is 0 Å². The zero-order valence-electron chi connectivity index (χ0n) is 8.28. The molecule has 16 heavy (non-hydrogen) atoms. The van der Waals surface area contributed by atoms with E-state index >= 15 is 0 Å². The summed E-state index contributed by atoms with van der Waals surface area (Å²) >= 11 is 1.48. The molecule has 5 heteroatoms. The molecule has 0 spiro atoms. The van der Waals surface area contributed by atoms with E-state index in [1.165, 1.54) is 23.9 Å². The Morgan fingerprint density at radius 3 is 3.00 bits per heavy atom. The Hall–Kier alpha value is -1.36. The fourth-order valence-electron chi connectivity index (χ4n) is 1.83. The van der Waals surface area contributed by atoms with Gasteiger partial charge in [-0.15, -0.1) is 0 Å². The van der Waals surface area contributed by atoms with E-state index in [9.17, 15) is 8.78 Å². The minimum absolute atomic E-state index is 0.431. The van der Waals surface area contributed by atoms with E-state index in [4.69, 9.17) is 0 Å². The molecule has 0 bridgehead atoms. The number of benzene rings is 1. The molecule has 0 radical (unpaired) electrons. The summed E-state index contributed by atoms with van der Waals surface area (Å²) in [7, 11) is 0. The van der Waals surface area contributed by atoms with E-state index in [-0.39, 0.29) is 0 Å². The van der Waals surface area contributed by atoms with E-state index in [1.807, 2.05) is 10.3 Å². The molecule has 0 aromatic heterocycles. The molecule has 1 aromatic rings. The molecule has 0 saturated carbocycles. The Morgan fingerprint density at radius 2 is 2.19 bits per heavy atom. The first kappa shape index (κ1) is 9.84. The second-order valence-corrected chi connectivity index (χ2v) is 4.40. The van der Waals surface area contributed by atoms with Gasteiger partial charge < -0.3 is 4.90 Å². The van der Waals surface area contributed by atoms with Crippen LogP contribution in [0.25, 0.3) is 5.70 Å². The standard InChI is InChI=1S/C11H8F2N2S/c12-7-1-2-8(9(13)5-7)10-6-16-11-14-3-4-15(10)11/h1-2,5-6H,3-4H2. The monoisotopic (exact) mass is 238 g/mol. The molecule has 2 heterocycles. The molecule has 0 atom stereocenters. The number of rotatable bonds is 1. The third-order valence-electron chi connectivity index (χ3n) is 2.58. The van der Waals surface area contributed by atoms with Crippen molar-refractivity contribution >= 4 is 22.6 Å². The lowest BCUT2D eigenvalue weighted by Gasteiger charge is -2.16. The van der Waals surface area contributed by atoms with Crippen molar-refractivity contribution in [2.75, 3.05) is 13.1 Å². The van der Waals surface area contributed by atoms with Crippen molar-refractivity contribution in [3.05, 3.63) is 40.8 Å². The Morgan fingerprint density at radius 1 is 1.31 bits per heavy atom. The summed E-state index contributed by atoms with van der Waals surface area (Å²) in [6.07, 6.45) is 0. The van der Waals surface area contributed by atoms with E-state index in [0.717, 1.165) is 30.0 Å². The van der Waals surface area contributed by atoms with Crippen LogP contribution >= 0.6 is 11.8 Å². The molecule has 2 aliphatic rings. The van der Waals surface area contributed by atoms with E-state index in [0.29, 0.717) is 5.56 Å². The van der Waals surface area contributed by atoms with Gasteiger partial charge in [0.05, 0.1) is 12.2 Å². The number of amidine groups is 1. The maximum atomic E-state index is 13.6. The van der Waals surface area contributed by atoms with Crippen molar-refractivity contribution in [2.45, 2.75) is 0 Å². The molecular weight excluding hydrogens is 230 g/mol. The van der Waals surface area contributed by atoms with Crippen LogP contribution in [-0.2, 0) is 0 Å². The lowest BCUT2D eigenvalue weighted by molar-refractivity contribution is 0.573. The minimum Gasteiger partial charge on any atom is -0.318 e. The van der Waals surface area contributed by atoms with Crippen LogP contribution in [0.15, 0.2) is 28.6 Å². The number of hydrogen-bond donors (Lipinski definition) is 0. The summed E-state index contributed by atoms with van der Waals surface area (Å²) in [6.45, 7) is 1.51. The molecule has 0 aliphatic carbocycles. The van der Waals surface area contributed by atoms with Crippen molar-refractivity contribution in [3.63, 3.8) is 0 Å². The molecule has 2 nitrogen and oxygen atoms in total. The summed E-state index contributed by atoms with van der Waals surface area (Å²) in [5.74, 6) is -1.08. The third kappa shape index (κ3) is 1.43. The van der Waals surface area contributed by atoms with Crippen LogP contribution in [0.1, 0.15) is 5.56 Å². The highest BCUT2D eigenvalue weighted by Gasteiger charge is 2.28. The van der Waals surface area contributed by atoms with Crippen LogP contribution < -0.4 is 0 Å². The van der Waals surface area contributed by atoms with Crippen LogP contribution in [0.5, 0.6) is 0 Å². The Balaban J connectivity index is 2.02. The highest BCUT2D eigenvalue weighted by atomic mass is 32.2. The fraction of sp³-hybridized carbons (Fsp3) is 0.182. The molecule has 0 unspecified atom stereocenters. The Bertz CT molecular complexity index is 511. The molecular formula is C11H8F2N2S. The molecule has 0 saturated heterocycles. The number of hydrogen-bond acceptors (Lipinski definition) is 3. The van der Waals surface area contributed by atoms with Gasteiger partial charge in [-0.2, -0.15) is 0 Å². The highest BCUT2D eigenvalue weighted by Crippen LogP contribution is 2.36. The topological polar surface area (TPSA) is 15.6 Å². The molecule has 3 rings (SSSR count). The zero-order chi connectivity index (χ0) is 11.1. The van der Waals surface area contributed by atoms with E-state index in [2.05, 4.69) is 4.99 Å². The summed E-state index contributed by atoms with van der Waals surface area (Å²) in [6, 6.07) is 3.65. The van der Waals surface area contributed by atoms with Gasteiger partial charge in [0.1, 0.15) is 11.6 Å². The van der Waals surface area contributed by atoms with Gasteiger partial charge in [0.2, 0.25) is 0 Å². The third-order valence-corrected chi connectivity index (χ3v) is 3.48. The molecule has 82 valence electrons. The quantitative estimate of drug-likeness (QED) is 0.747. The van der Waals surface area contributed by atoms with Gasteiger partial charge in [0.15, 0.2) is 5.17 Å². The predicted molar refractivity (Wildman–Crippen MR) is 60.9 cm³/mol. The molecule has 1 aromatic carbocycles. The second-order valence-electron chi connectivity index (χ2n) is 3.56. The number of aliphatic imine (C=N–C) groups is 1. The lowest BCUT2D eigenvalue weighted by atomic mass is 10.1.